The van der Waals surface area contributed by atoms with Crippen LogP contribution < -0.4 is 0 Å². The molecule has 0 bridgehead atoms. The average Bonchev–Trinajstić information content (AvgIpc) is 3.06. The molecule has 2 heterocycles. The standard InChI is InChI=1S/C14H12N2O2/c15-7-9-3-1-4-11-13(9)10(8-16-11)14(17)12-5-2-6-18-12/h1,3-4,8,12,16H,2,5-6H2. The number of hydrogen-bond acceptors (Lipinski definition) is 3. The van der Waals surface area contributed by atoms with Gasteiger partial charge in [0.1, 0.15) is 6.10 Å². The molecule has 4 heteroatoms. The molecule has 0 spiro atoms. The number of Topliss-reactive ketones (excluding diaryl/α,β-unsaturated/α-hetero) is 1. The number of fused-ring (bicyclic) bond motifs is 1. The topological polar surface area (TPSA) is 65.9 Å². The van der Waals surface area contributed by atoms with Crippen LogP contribution in [0.4, 0.5) is 0 Å². The number of aromatic amines is 1. The van der Waals surface area contributed by atoms with Crippen molar-refractivity contribution in [3.05, 3.63) is 35.5 Å². The van der Waals surface area contributed by atoms with E-state index in [0.29, 0.717) is 23.1 Å². The molecule has 1 aliphatic heterocycles. The predicted octanol–water partition coefficient (Wildman–Crippen LogP) is 2.40. The number of ether oxygens (including phenoxy) is 1. The molecular formula is C14H12N2O2. The number of rotatable bonds is 2. The Kier molecular flexibility index (Phi) is 2.62. The van der Waals surface area contributed by atoms with E-state index in [1.807, 2.05) is 6.07 Å². The lowest BCUT2D eigenvalue weighted by Gasteiger charge is -2.07. The van der Waals surface area contributed by atoms with Crippen LogP contribution in [0, 0.1) is 11.3 Å². The Morgan fingerprint density at radius 2 is 2.39 bits per heavy atom. The van der Waals surface area contributed by atoms with E-state index in [0.717, 1.165) is 18.4 Å². The van der Waals surface area contributed by atoms with Gasteiger partial charge in [-0.3, -0.25) is 4.79 Å². The molecule has 0 saturated carbocycles. The van der Waals surface area contributed by atoms with E-state index in [2.05, 4.69) is 11.1 Å². The Bertz CT molecular complexity index is 645. The molecule has 0 radical (unpaired) electrons. The molecule has 1 N–H and O–H groups in total. The third-order valence-electron chi connectivity index (χ3n) is 3.31. The zero-order chi connectivity index (χ0) is 12.5. The van der Waals surface area contributed by atoms with Crippen LogP contribution in [0.3, 0.4) is 0 Å². The largest absolute Gasteiger partial charge is 0.370 e. The Labute approximate surface area is 104 Å². The van der Waals surface area contributed by atoms with Crippen LogP contribution in [-0.2, 0) is 4.74 Å². The zero-order valence-electron chi connectivity index (χ0n) is 9.77. The summed E-state index contributed by atoms with van der Waals surface area (Å²) in [5, 5.41) is 9.83. The van der Waals surface area contributed by atoms with Gasteiger partial charge in [-0.25, -0.2) is 0 Å². The molecule has 3 rings (SSSR count). The molecule has 2 aromatic rings. The van der Waals surface area contributed by atoms with E-state index in [9.17, 15) is 4.79 Å². The van der Waals surface area contributed by atoms with Gasteiger partial charge in [0, 0.05) is 29.3 Å². The van der Waals surface area contributed by atoms with Crippen LogP contribution in [-0.4, -0.2) is 23.5 Å². The number of aromatic nitrogens is 1. The fourth-order valence-corrected chi connectivity index (χ4v) is 2.43. The van der Waals surface area contributed by atoms with E-state index in [1.54, 1.807) is 18.3 Å². The van der Waals surface area contributed by atoms with Crippen molar-refractivity contribution in [1.29, 1.82) is 5.26 Å². The molecule has 1 unspecified atom stereocenters. The van der Waals surface area contributed by atoms with Crippen molar-refractivity contribution in [1.82, 2.24) is 4.98 Å². The summed E-state index contributed by atoms with van der Waals surface area (Å²) in [6, 6.07) is 7.52. The molecule has 1 aromatic carbocycles. The number of nitrogens with one attached hydrogen (secondary N) is 1. The van der Waals surface area contributed by atoms with Gasteiger partial charge in [0.05, 0.1) is 11.6 Å². The summed E-state index contributed by atoms with van der Waals surface area (Å²) in [5.74, 6) is -0.0264. The van der Waals surface area contributed by atoms with Crippen molar-refractivity contribution in [2.75, 3.05) is 6.61 Å². The van der Waals surface area contributed by atoms with E-state index in [1.165, 1.54) is 0 Å². The number of nitriles is 1. The zero-order valence-corrected chi connectivity index (χ0v) is 9.77. The molecule has 0 aliphatic carbocycles. The summed E-state index contributed by atoms with van der Waals surface area (Å²) in [6.45, 7) is 0.643. The number of ketones is 1. The minimum atomic E-state index is -0.351. The Morgan fingerprint density at radius 1 is 1.50 bits per heavy atom. The second-order valence-corrected chi connectivity index (χ2v) is 4.41. The second kappa shape index (κ2) is 4.28. The summed E-state index contributed by atoms with van der Waals surface area (Å²) in [5.41, 5.74) is 1.90. The van der Waals surface area contributed by atoms with Crippen molar-refractivity contribution in [3.63, 3.8) is 0 Å². The van der Waals surface area contributed by atoms with Crippen LogP contribution in [0.2, 0.25) is 0 Å². The lowest BCUT2D eigenvalue weighted by Crippen LogP contribution is -2.19. The molecule has 18 heavy (non-hydrogen) atoms. The molecular weight excluding hydrogens is 228 g/mol. The first-order chi connectivity index (χ1) is 8.81. The highest BCUT2D eigenvalue weighted by Crippen LogP contribution is 2.26. The highest BCUT2D eigenvalue weighted by Gasteiger charge is 2.27. The van der Waals surface area contributed by atoms with Gasteiger partial charge in [-0.15, -0.1) is 0 Å². The molecule has 1 atom stereocenters. The Morgan fingerprint density at radius 3 is 3.11 bits per heavy atom. The number of benzene rings is 1. The fraction of sp³-hybridized carbons (Fsp3) is 0.286. The van der Waals surface area contributed by atoms with E-state index >= 15 is 0 Å². The number of H-pyrrole nitrogens is 1. The smallest absolute Gasteiger partial charge is 0.193 e. The minimum Gasteiger partial charge on any atom is -0.370 e. The van der Waals surface area contributed by atoms with Crippen LogP contribution in [0.15, 0.2) is 24.4 Å². The fourth-order valence-electron chi connectivity index (χ4n) is 2.43. The van der Waals surface area contributed by atoms with Crippen molar-refractivity contribution in [2.45, 2.75) is 18.9 Å². The van der Waals surface area contributed by atoms with Crippen LogP contribution in [0.5, 0.6) is 0 Å². The summed E-state index contributed by atoms with van der Waals surface area (Å²) in [7, 11) is 0. The first-order valence-corrected chi connectivity index (χ1v) is 5.97. The van der Waals surface area contributed by atoms with Crippen LogP contribution in [0.25, 0.3) is 10.9 Å². The monoisotopic (exact) mass is 240 g/mol. The van der Waals surface area contributed by atoms with Crippen LogP contribution >= 0.6 is 0 Å². The van der Waals surface area contributed by atoms with Crippen molar-refractivity contribution >= 4 is 16.7 Å². The maximum atomic E-state index is 12.3. The maximum Gasteiger partial charge on any atom is 0.193 e. The molecule has 0 amide bonds. The van der Waals surface area contributed by atoms with Gasteiger partial charge in [0.25, 0.3) is 0 Å². The molecule has 1 aromatic heterocycles. The Hall–Kier alpha value is -2.12. The van der Waals surface area contributed by atoms with E-state index in [4.69, 9.17) is 10.00 Å². The molecule has 1 fully saturated rings. The number of carbonyl (C=O) groups excluding carboxylic acids is 1. The molecule has 1 saturated heterocycles. The van der Waals surface area contributed by atoms with Gasteiger partial charge in [-0.2, -0.15) is 5.26 Å². The van der Waals surface area contributed by atoms with Crippen molar-refractivity contribution < 1.29 is 9.53 Å². The van der Waals surface area contributed by atoms with Gasteiger partial charge in [0.2, 0.25) is 0 Å². The minimum absolute atomic E-state index is 0.0264. The first-order valence-electron chi connectivity index (χ1n) is 5.97. The normalized spacial score (nSPS) is 18.9. The van der Waals surface area contributed by atoms with Gasteiger partial charge >= 0.3 is 0 Å². The van der Waals surface area contributed by atoms with Gasteiger partial charge in [-0.05, 0) is 25.0 Å². The number of nitrogens with zero attached hydrogens (tertiary/aromatic N) is 1. The summed E-state index contributed by atoms with van der Waals surface area (Å²) >= 11 is 0. The third kappa shape index (κ3) is 1.60. The lowest BCUT2D eigenvalue weighted by molar-refractivity contribution is 0.0644. The third-order valence-corrected chi connectivity index (χ3v) is 3.31. The van der Waals surface area contributed by atoms with Crippen molar-refractivity contribution in [2.24, 2.45) is 0 Å². The molecule has 4 nitrogen and oxygen atoms in total. The predicted molar refractivity (Wildman–Crippen MR) is 66.3 cm³/mol. The number of hydrogen-bond donors (Lipinski definition) is 1. The first kappa shape index (κ1) is 11.0. The highest BCUT2D eigenvalue weighted by atomic mass is 16.5. The van der Waals surface area contributed by atoms with Gasteiger partial charge in [0.15, 0.2) is 5.78 Å². The summed E-state index contributed by atoms with van der Waals surface area (Å²) in [6.07, 6.45) is 3.01. The highest BCUT2D eigenvalue weighted by molar-refractivity contribution is 6.11. The average molecular weight is 240 g/mol. The van der Waals surface area contributed by atoms with Gasteiger partial charge < -0.3 is 9.72 Å². The van der Waals surface area contributed by atoms with Crippen molar-refractivity contribution in [3.8, 4) is 6.07 Å². The molecule has 1 aliphatic rings. The quantitative estimate of drug-likeness (QED) is 0.820. The summed E-state index contributed by atoms with van der Waals surface area (Å²) in [4.78, 5) is 15.4. The maximum absolute atomic E-state index is 12.3. The van der Waals surface area contributed by atoms with Gasteiger partial charge in [-0.1, -0.05) is 6.07 Å². The second-order valence-electron chi connectivity index (χ2n) is 4.41. The number of carbonyl (C=O) groups is 1. The Balaban J connectivity index is 2.12. The van der Waals surface area contributed by atoms with Crippen LogP contribution in [0.1, 0.15) is 28.8 Å². The SMILES string of the molecule is N#Cc1cccc2[nH]cc(C(=O)C3CCCO3)c12. The van der Waals surface area contributed by atoms with E-state index in [-0.39, 0.29) is 11.9 Å². The molecule has 90 valence electrons. The lowest BCUT2D eigenvalue weighted by atomic mass is 10.0. The van der Waals surface area contributed by atoms with E-state index < -0.39 is 0 Å². The summed E-state index contributed by atoms with van der Waals surface area (Å²) < 4.78 is 5.41.